The molecular formula is C17H21N3. The molecule has 3 nitrogen and oxygen atoms in total. The van der Waals surface area contributed by atoms with Gasteiger partial charge in [-0.05, 0) is 56.0 Å². The van der Waals surface area contributed by atoms with Crippen LogP contribution in [0.15, 0.2) is 36.5 Å². The number of benzene rings is 1. The Morgan fingerprint density at radius 2 is 2.05 bits per heavy atom. The summed E-state index contributed by atoms with van der Waals surface area (Å²) in [7, 11) is 0. The Bertz CT molecular complexity index is 620. The van der Waals surface area contributed by atoms with Crippen LogP contribution in [0.4, 0.5) is 0 Å². The number of rotatable bonds is 2. The molecule has 2 aromatic rings. The van der Waals surface area contributed by atoms with Gasteiger partial charge in [0.05, 0.1) is 11.6 Å². The molecule has 0 spiro atoms. The van der Waals surface area contributed by atoms with E-state index in [4.69, 9.17) is 5.73 Å². The minimum atomic E-state index is 0.262. The molecule has 0 amide bonds. The lowest BCUT2D eigenvalue weighted by molar-refractivity contribution is 0.120. The SMILES string of the molecule is NC1CCCN(C2CC2)C1c1ccc2ncccc2c1. The van der Waals surface area contributed by atoms with Crippen molar-refractivity contribution >= 4 is 10.9 Å². The molecule has 2 fully saturated rings. The normalized spacial score (nSPS) is 27.9. The molecule has 1 saturated carbocycles. The number of piperidine rings is 1. The third kappa shape index (κ3) is 2.11. The predicted molar refractivity (Wildman–Crippen MR) is 81.4 cm³/mol. The van der Waals surface area contributed by atoms with Crippen LogP contribution < -0.4 is 5.73 Å². The summed E-state index contributed by atoms with van der Waals surface area (Å²) in [6, 6.07) is 12.2. The summed E-state index contributed by atoms with van der Waals surface area (Å²) in [4.78, 5) is 7.05. The van der Waals surface area contributed by atoms with Crippen LogP contribution in [-0.4, -0.2) is 28.5 Å². The quantitative estimate of drug-likeness (QED) is 0.909. The molecule has 4 rings (SSSR count). The fourth-order valence-corrected chi connectivity index (χ4v) is 3.59. The second kappa shape index (κ2) is 4.83. The standard InChI is InChI=1S/C17H21N3/c18-15-4-2-10-20(14-6-7-14)17(15)13-5-8-16-12(11-13)3-1-9-19-16/h1,3,5,8-9,11,14-15,17H,2,4,6-7,10,18H2. The highest BCUT2D eigenvalue weighted by atomic mass is 15.2. The van der Waals surface area contributed by atoms with Crippen LogP contribution in [0.25, 0.3) is 10.9 Å². The smallest absolute Gasteiger partial charge is 0.0702 e. The Hall–Kier alpha value is -1.45. The van der Waals surface area contributed by atoms with Gasteiger partial charge in [-0.25, -0.2) is 0 Å². The van der Waals surface area contributed by atoms with Crippen LogP contribution in [0.3, 0.4) is 0 Å². The van der Waals surface area contributed by atoms with E-state index in [-0.39, 0.29) is 6.04 Å². The fraction of sp³-hybridized carbons (Fsp3) is 0.471. The molecule has 1 aliphatic heterocycles. The van der Waals surface area contributed by atoms with Crippen LogP contribution in [0.1, 0.15) is 37.3 Å². The number of nitrogens with two attached hydrogens (primary N) is 1. The lowest BCUT2D eigenvalue weighted by atomic mass is 9.90. The average Bonchev–Trinajstić information content (AvgIpc) is 3.31. The van der Waals surface area contributed by atoms with Crippen LogP contribution in [-0.2, 0) is 0 Å². The summed E-state index contributed by atoms with van der Waals surface area (Å²) in [6.45, 7) is 1.20. The average molecular weight is 267 g/mol. The van der Waals surface area contributed by atoms with E-state index in [9.17, 15) is 0 Å². The largest absolute Gasteiger partial charge is 0.326 e. The van der Waals surface area contributed by atoms with Gasteiger partial charge in [0.1, 0.15) is 0 Å². The van der Waals surface area contributed by atoms with E-state index in [1.165, 1.54) is 36.8 Å². The van der Waals surface area contributed by atoms with Crippen LogP contribution in [0.2, 0.25) is 0 Å². The summed E-state index contributed by atoms with van der Waals surface area (Å²) in [6.07, 6.45) is 6.92. The zero-order valence-corrected chi connectivity index (χ0v) is 11.7. The Balaban J connectivity index is 1.74. The van der Waals surface area contributed by atoms with E-state index >= 15 is 0 Å². The number of pyridine rings is 1. The van der Waals surface area contributed by atoms with Gasteiger partial charge in [0.15, 0.2) is 0 Å². The monoisotopic (exact) mass is 267 g/mol. The summed E-state index contributed by atoms with van der Waals surface area (Å²) < 4.78 is 0. The highest BCUT2D eigenvalue weighted by molar-refractivity contribution is 5.79. The van der Waals surface area contributed by atoms with Gasteiger partial charge in [0.2, 0.25) is 0 Å². The van der Waals surface area contributed by atoms with Crippen LogP contribution in [0.5, 0.6) is 0 Å². The molecule has 20 heavy (non-hydrogen) atoms. The van der Waals surface area contributed by atoms with Gasteiger partial charge in [-0.15, -0.1) is 0 Å². The van der Waals surface area contributed by atoms with Crippen molar-refractivity contribution in [2.45, 2.75) is 43.8 Å². The molecule has 0 bridgehead atoms. The zero-order valence-electron chi connectivity index (χ0n) is 11.7. The Labute approximate surface area is 119 Å². The first-order valence-corrected chi connectivity index (χ1v) is 7.69. The first kappa shape index (κ1) is 12.3. The number of nitrogens with zero attached hydrogens (tertiary/aromatic N) is 2. The number of hydrogen-bond acceptors (Lipinski definition) is 3. The molecule has 2 atom stereocenters. The summed E-state index contributed by atoms with van der Waals surface area (Å²) in [5.74, 6) is 0. The van der Waals surface area contributed by atoms with Crippen molar-refractivity contribution in [2.24, 2.45) is 5.73 Å². The van der Waals surface area contributed by atoms with Gasteiger partial charge in [0.25, 0.3) is 0 Å². The van der Waals surface area contributed by atoms with Crippen molar-refractivity contribution in [3.05, 3.63) is 42.1 Å². The summed E-state index contributed by atoms with van der Waals surface area (Å²) in [5.41, 5.74) is 8.89. The van der Waals surface area contributed by atoms with Crippen LogP contribution >= 0.6 is 0 Å². The van der Waals surface area contributed by atoms with E-state index in [0.29, 0.717) is 6.04 Å². The van der Waals surface area contributed by atoms with Crippen LogP contribution in [0, 0.1) is 0 Å². The van der Waals surface area contributed by atoms with Crippen molar-refractivity contribution in [1.82, 2.24) is 9.88 Å². The zero-order chi connectivity index (χ0) is 13.5. The van der Waals surface area contributed by atoms with Gasteiger partial charge >= 0.3 is 0 Å². The molecular weight excluding hydrogens is 246 g/mol. The molecule has 2 heterocycles. The number of fused-ring (bicyclic) bond motifs is 1. The first-order valence-electron chi connectivity index (χ1n) is 7.69. The number of hydrogen-bond donors (Lipinski definition) is 1. The molecule has 104 valence electrons. The summed E-state index contributed by atoms with van der Waals surface area (Å²) in [5, 5.41) is 1.22. The van der Waals surface area contributed by atoms with E-state index in [2.05, 4.69) is 34.1 Å². The predicted octanol–water partition coefficient (Wildman–Crippen LogP) is 2.86. The minimum absolute atomic E-state index is 0.262. The molecule has 1 saturated heterocycles. The van der Waals surface area contributed by atoms with Gasteiger partial charge in [-0.3, -0.25) is 9.88 Å². The Kier molecular flexibility index (Phi) is 2.97. The minimum Gasteiger partial charge on any atom is -0.326 e. The van der Waals surface area contributed by atoms with Gasteiger partial charge in [-0.1, -0.05) is 12.1 Å². The van der Waals surface area contributed by atoms with Gasteiger partial charge < -0.3 is 5.73 Å². The summed E-state index contributed by atoms with van der Waals surface area (Å²) >= 11 is 0. The maximum absolute atomic E-state index is 6.45. The maximum Gasteiger partial charge on any atom is 0.0702 e. The van der Waals surface area contributed by atoms with E-state index in [1.54, 1.807) is 0 Å². The molecule has 2 unspecified atom stereocenters. The van der Waals surface area contributed by atoms with E-state index < -0.39 is 0 Å². The van der Waals surface area contributed by atoms with Crippen molar-refractivity contribution < 1.29 is 0 Å². The second-order valence-electron chi connectivity index (χ2n) is 6.18. The maximum atomic E-state index is 6.45. The molecule has 1 aliphatic carbocycles. The second-order valence-corrected chi connectivity index (χ2v) is 6.18. The Morgan fingerprint density at radius 3 is 2.90 bits per heavy atom. The molecule has 1 aromatic carbocycles. The third-order valence-corrected chi connectivity index (χ3v) is 4.70. The third-order valence-electron chi connectivity index (χ3n) is 4.70. The first-order chi connectivity index (χ1) is 9.83. The van der Waals surface area contributed by atoms with Crippen molar-refractivity contribution in [3.8, 4) is 0 Å². The molecule has 0 radical (unpaired) electrons. The van der Waals surface area contributed by atoms with Crippen molar-refractivity contribution in [3.63, 3.8) is 0 Å². The molecule has 2 aliphatic rings. The van der Waals surface area contributed by atoms with Crippen molar-refractivity contribution in [1.29, 1.82) is 0 Å². The van der Waals surface area contributed by atoms with E-state index in [0.717, 1.165) is 18.0 Å². The number of aromatic nitrogens is 1. The van der Waals surface area contributed by atoms with E-state index in [1.807, 2.05) is 12.3 Å². The topological polar surface area (TPSA) is 42.1 Å². The lowest BCUT2D eigenvalue weighted by Crippen LogP contribution is -2.46. The van der Waals surface area contributed by atoms with Gasteiger partial charge in [-0.2, -0.15) is 0 Å². The van der Waals surface area contributed by atoms with Gasteiger partial charge in [0, 0.05) is 23.7 Å². The lowest BCUT2D eigenvalue weighted by Gasteiger charge is -2.40. The highest BCUT2D eigenvalue weighted by Crippen LogP contribution is 2.39. The highest BCUT2D eigenvalue weighted by Gasteiger charge is 2.39. The molecule has 3 heteroatoms. The van der Waals surface area contributed by atoms with Crippen molar-refractivity contribution in [2.75, 3.05) is 6.54 Å². The fourth-order valence-electron chi connectivity index (χ4n) is 3.59. The Morgan fingerprint density at radius 1 is 1.15 bits per heavy atom. The molecule has 1 aromatic heterocycles. The molecule has 2 N–H and O–H groups in total. The number of likely N-dealkylation sites (tertiary alicyclic amines) is 1.